The van der Waals surface area contributed by atoms with Crippen molar-refractivity contribution in [3.8, 4) is 22.5 Å². The summed E-state index contributed by atoms with van der Waals surface area (Å²) in [5.41, 5.74) is 0.133. The molecule has 3 heterocycles. The van der Waals surface area contributed by atoms with E-state index in [0.717, 1.165) is 16.8 Å². The van der Waals surface area contributed by atoms with Crippen molar-refractivity contribution >= 4 is 38.5 Å². The molecule has 1 aliphatic rings. The molecule has 3 aromatic carbocycles. The van der Waals surface area contributed by atoms with Crippen molar-refractivity contribution in [2.45, 2.75) is 33.1 Å². The summed E-state index contributed by atoms with van der Waals surface area (Å²) in [6.45, 7) is 2.44. The van der Waals surface area contributed by atoms with Crippen LogP contribution in [0.1, 0.15) is 46.1 Å². The number of furan rings is 1. The minimum absolute atomic E-state index is 0.000193. The van der Waals surface area contributed by atoms with Crippen molar-refractivity contribution in [2.24, 2.45) is 0 Å². The maximum Gasteiger partial charge on any atom is 0.434 e. The second kappa shape index (κ2) is 14.5. The van der Waals surface area contributed by atoms with E-state index in [4.69, 9.17) is 4.42 Å². The second-order valence-electron chi connectivity index (χ2n) is 11.3. The molecule has 6 rings (SSSR count). The van der Waals surface area contributed by atoms with Gasteiger partial charge in [0.05, 0.1) is 30.6 Å². The van der Waals surface area contributed by atoms with E-state index >= 15 is 0 Å². The number of halogens is 5. The Kier molecular flexibility index (Phi) is 10.6. The molecular weight excluding hydrogens is 697 g/mol. The van der Waals surface area contributed by atoms with E-state index in [1.165, 1.54) is 65.0 Å². The summed E-state index contributed by atoms with van der Waals surface area (Å²) >= 11 is 0. The number of aromatic nitrogens is 2. The van der Waals surface area contributed by atoms with Crippen LogP contribution in [0.4, 0.5) is 27.6 Å². The normalized spacial score (nSPS) is 13.0. The third-order valence-corrected chi connectivity index (χ3v) is 9.30. The SMILES string of the molecule is CC.CNC(=O)c1c(-c2ccc(F)cc2)oc2cc(N(CCF)S(C)(=O)=O)c(-c3cccc(C(=O)N4CCn5cc(C(F)(F)F)nc5C4)c3)cc12. The zero-order chi connectivity index (χ0) is 37.2. The van der Waals surface area contributed by atoms with Gasteiger partial charge >= 0.3 is 6.18 Å². The van der Waals surface area contributed by atoms with E-state index < -0.39 is 52.7 Å². The average Bonchev–Trinajstić information content (AvgIpc) is 3.72. The zero-order valence-electron chi connectivity index (χ0n) is 28.0. The molecule has 2 amide bonds. The van der Waals surface area contributed by atoms with Gasteiger partial charge in [-0.25, -0.2) is 22.2 Å². The monoisotopic (exact) mass is 731 g/mol. The molecule has 0 fully saturated rings. The highest BCUT2D eigenvalue weighted by Crippen LogP contribution is 2.42. The van der Waals surface area contributed by atoms with Crippen LogP contribution in [0.15, 0.2) is 71.3 Å². The number of hydrogen-bond acceptors (Lipinski definition) is 6. The summed E-state index contributed by atoms with van der Waals surface area (Å²) in [5.74, 6) is -1.43. The van der Waals surface area contributed by atoms with E-state index in [0.29, 0.717) is 11.1 Å². The molecular formula is C35H34F5N5O5S. The van der Waals surface area contributed by atoms with Crippen LogP contribution in [-0.2, 0) is 29.3 Å². The first-order valence-electron chi connectivity index (χ1n) is 15.8. The standard InChI is InChI=1S/C33H28F5N5O5S.C2H6/c1-39-31(44)29-24-15-23(25(43(11-10-34)49(2,46)47)16-26(24)48-30(29)19-6-8-22(35)9-7-19)20-4-3-5-21(14-20)32(45)42-13-12-41-17-27(33(36,37)38)40-28(41)18-42;1-2/h3-9,14-17H,10-13,18H2,1-2H3,(H,39,44);1-2H3. The van der Waals surface area contributed by atoms with Crippen LogP contribution in [0.5, 0.6) is 0 Å². The number of rotatable bonds is 8. The molecule has 16 heteroatoms. The van der Waals surface area contributed by atoms with Gasteiger partial charge in [-0.3, -0.25) is 13.9 Å². The Morgan fingerprint density at radius 1 is 1.02 bits per heavy atom. The van der Waals surface area contributed by atoms with Crippen LogP contribution in [0.3, 0.4) is 0 Å². The first-order valence-corrected chi connectivity index (χ1v) is 17.7. The summed E-state index contributed by atoms with van der Waals surface area (Å²) in [7, 11) is -2.67. The summed E-state index contributed by atoms with van der Waals surface area (Å²) < 4.78 is 101. The number of anilines is 1. The predicted molar refractivity (Wildman–Crippen MR) is 182 cm³/mol. The second-order valence-corrected chi connectivity index (χ2v) is 13.2. The summed E-state index contributed by atoms with van der Waals surface area (Å²) in [6.07, 6.45) is -2.82. The Labute approximate surface area is 290 Å². The molecule has 5 aromatic rings. The first kappa shape index (κ1) is 37.0. The third-order valence-electron chi connectivity index (χ3n) is 8.12. The maximum atomic E-state index is 13.8. The van der Waals surface area contributed by atoms with Crippen LogP contribution in [0.2, 0.25) is 0 Å². The van der Waals surface area contributed by atoms with E-state index in [9.17, 15) is 40.0 Å². The van der Waals surface area contributed by atoms with Crippen molar-refractivity contribution in [3.05, 3.63) is 95.3 Å². The van der Waals surface area contributed by atoms with Crippen molar-refractivity contribution < 1.29 is 44.4 Å². The Morgan fingerprint density at radius 3 is 2.35 bits per heavy atom. The molecule has 1 N–H and O–H groups in total. The van der Waals surface area contributed by atoms with Gasteiger partial charge in [0, 0.05) is 54.5 Å². The molecule has 0 saturated heterocycles. The number of amides is 2. The van der Waals surface area contributed by atoms with Crippen LogP contribution in [-0.4, -0.2) is 67.8 Å². The highest BCUT2D eigenvalue weighted by Gasteiger charge is 2.36. The lowest BCUT2D eigenvalue weighted by molar-refractivity contribution is -0.141. The van der Waals surface area contributed by atoms with Gasteiger partial charge in [-0.2, -0.15) is 13.2 Å². The topological polar surface area (TPSA) is 118 Å². The smallest absolute Gasteiger partial charge is 0.434 e. The Morgan fingerprint density at radius 2 is 1.73 bits per heavy atom. The number of imidazole rings is 1. The predicted octanol–water partition coefficient (Wildman–Crippen LogP) is 6.90. The van der Waals surface area contributed by atoms with Gasteiger partial charge in [0.25, 0.3) is 11.8 Å². The molecule has 0 atom stereocenters. The van der Waals surface area contributed by atoms with Crippen LogP contribution < -0.4 is 9.62 Å². The van der Waals surface area contributed by atoms with Crippen molar-refractivity contribution in [1.29, 1.82) is 0 Å². The van der Waals surface area contributed by atoms with Gasteiger partial charge in [-0.15, -0.1) is 0 Å². The van der Waals surface area contributed by atoms with Gasteiger partial charge < -0.3 is 19.2 Å². The zero-order valence-corrected chi connectivity index (χ0v) is 28.8. The van der Waals surface area contributed by atoms with E-state index in [1.54, 1.807) is 12.1 Å². The fraction of sp³-hybridized carbons (Fsp3) is 0.286. The molecule has 0 bridgehead atoms. The molecule has 51 heavy (non-hydrogen) atoms. The quantitative estimate of drug-likeness (QED) is 0.174. The van der Waals surface area contributed by atoms with Crippen molar-refractivity contribution in [1.82, 2.24) is 19.8 Å². The van der Waals surface area contributed by atoms with E-state index in [2.05, 4.69) is 10.3 Å². The van der Waals surface area contributed by atoms with Gasteiger partial charge in [-0.05, 0) is 48.0 Å². The number of carbonyl (C=O) groups excluding carboxylic acids is 2. The van der Waals surface area contributed by atoms with E-state index in [1.807, 2.05) is 13.8 Å². The molecule has 0 radical (unpaired) electrons. The number of fused-ring (bicyclic) bond motifs is 2. The number of benzene rings is 3. The van der Waals surface area contributed by atoms with Gasteiger partial charge in [0.1, 0.15) is 29.7 Å². The molecule has 0 unspecified atom stereocenters. The molecule has 2 aromatic heterocycles. The van der Waals surface area contributed by atoms with Crippen LogP contribution in [0.25, 0.3) is 33.4 Å². The first-order chi connectivity index (χ1) is 24.2. The van der Waals surface area contributed by atoms with Crippen LogP contribution in [0, 0.1) is 5.82 Å². The molecule has 0 spiro atoms. The largest absolute Gasteiger partial charge is 0.455 e. The third kappa shape index (κ3) is 7.45. The highest BCUT2D eigenvalue weighted by molar-refractivity contribution is 7.92. The fourth-order valence-corrected chi connectivity index (χ4v) is 6.74. The molecule has 1 aliphatic heterocycles. The lowest BCUT2D eigenvalue weighted by Gasteiger charge is -2.28. The maximum absolute atomic E-state index is 13.8. The molecule has 270 valence electrons. The van der Waals surface area contributed by atoms with Crippen molar-refractivity contribution in [3.63, 3.8) is 0 Å². The average molecular weight is 732 g/mol. The molecule has 10 nitrogen and oxygen atoms in total. The summed E-state index contributed by atoms with van der Waals surface area (Å²) in [4.78, 5) is 31.9. The number of carbonyl (C=O) groups is 2. The van der Waals surface area contributed by atoms with E-state index in [-0.39, 0.29) is 64.6 Å². The number of alkyl halides is 4. The fourth-order valence-electron chi connectivity index (χ4n) is 5.83. The Bertz CT molecular complexity index is 2200. The highest BCUT2D eigenvalue weighted by atomic mass is 32.2. The number of sulfonamides is 1. The van der Waals surface area contributed by atoms with Gasteiger partial charge in [-0.1, -0.05) is 26.0 Å². The van der Waals surface area contributed by atoms with Gasteiger partial charge in [0.15, 0.2) is 5.69 Å². The van der Waals surface area contributed by atoms with Crippen molar-refractivity contribution in [2.75, 3.05) is 37.4 Å². The summed E-state index contributed by atoms with van der Waals surface area (Å²) in [6, 6.07) is 14.2. The lowest BCUT2D eigenvalue weighted by atomic mass is 9.97. The molecule has 0 saturated carbocycles. The van der Waals surface area contributed by atoms with Gasteiger partial charge in [0.2, 0.25) is 10.0 Å². The Balaban J connectivity index is 0.00000248. The lowest BCUT2D eigenvalue weighted by Crippen LogP contribution is -2.38. The summed E-state index contributed by atoms with van der Waals surface area (Å²) in [5, 5.41) is 2.81. The Hall–Kier alpha value is -5.25. The number of nitrogens with one attached hydrogen (secondary N) is 1. The molecule has 0 aliphatic carbocycles. The minimum atomic E-state index is -4.64. The minimum Gasteiger partial charge on any atom is -0.455 e. The number of hydrogen-bond donors (Lipinski definition) is 1. The van der Waals surface area contributed by atoms with Crippen LogP contribution >= 0.6 is 0 Å². The number of nitrogens with zero attached hydrogens (tertiary/aromatic N) is 4.